The van der Waals surface area contributed by atoms with E-state index < -0.39 is 0 Å². The fourth-order valence-corrected chi connectivity index (χ4v) is 0.515. The Morgan fingerprint density at radius 3 is 2.71 bits per heavy atom. The molecule has 7 heavy (non-hydrogen) atoms. The molecular formula is C5H4BrO. The summed E-state index contributed by atoms with van der Waals surface area (Å²) in [5.41, 5.74) is 1.08. The zero-order chi connectivity index (χ0) is 5.28. The highest BCUT2D eigenvalue weighted by molar-refractivity contribution is 9.10. The van der Waals surface area contributed by atoms with E-state index in [4.69, 9.17) is 4.42 Å². The van der Waals surface area contributed by atoms with Crippen LogP contribution < -0.4 is 0 Å². The zero-order valence-electron chi connectivity index (χ0n) is 3.86. The molecule has 0 saturated heterocycles. The molecular weight excluding hydrogens is 156 g/mol. The Hall–Kier alpha value is -0.240. The Morgan fingerprint density at radius 1 is 1.86 bits per heavy atom. The number of rotatable bonds is 0. The fourth-order valence-electron chi connectivity index (χ4n) is 0.307. The Bertz CT molecular complexity index is 140. The van der Waals surface area contributed by atoms with E-state index in [0.717, 1.165) is 10.2 Å². The first kappa shape index (κ1) is 4.91. The van der Waals surface area contributed by atoms with Gasteiger partial charge in [0.2, 0.25) is 0 Å². The van der Waals surface area contributed by atoms with Gasteiger partial charge >= 0.3 is 0 Å². The van der Waals surface area contributed by atoms with Crippen LogP contribution in [0.2, 0.25) is 0 Å². The van der Waals surface area contributed by atoms with Gasteiger partial charge in [-0.1, -0.05) is 0 Å². The quantitative estimate of drug-likeness (QED) is 0.566. The minimum atomic E-state index is 0.771. The number of hydrogen-bond donors (Lipinski definition) is 0. The first-order valence-corrected chi connectivity index (χ1v) is 2.72. The van der Waals surface area contributed by atoms with Crippen molar-refractivity contribution >= 4 is 15.9 Å². The van der Waals surface area contributed by atoms with E-state index in [-0.39, 0.29) is 0 Å². The lowest BCUT2D eigenvalue weighted by Crippen LogP contribution is -1.56. The van der Waals surface area contributed by atoms with E-state index in [1.54, 1.807) is 6.07 Å². The summed E-state index contributed by atoms with van der Waals surface area (Å²) >= 11 is 3.17. The highest BCUT2D eigenvalue weighted by Crippen LogP contribution is 2.14. The van der Waals surface area contributed by atoms with Crippen LogP contribution in [0.4, 0.5) is 0 Å². The number of halogens is 1. The molecule has 0 amide bonds. The zero-order valence-corrected chi connectivity index (χ0v) is 5.45. The number of hydrogen-bond acceptors (Lipinski definition) is 1. The predicted molar refractivity (Wildman–Crippen MR) is 30.0 cm³/mol. The first-order chi connectivity index (χ1) is 3.30. The Labute approximate surface area is 50.5 Å². The average molecular weight is 160 g/mol. The van der Waals surface area contributed by atoms with Gasteiger partial charge in [0, 0.05) is 5.56 Å². The van der Waals surface area contributed by atoms with E-state index in [9.17, 15) is 0 Å². The minimum absolute atomic E-state index is 0.771. The van der Waals surface area contributed by atoms with Gasteiger partial charge < -0.3 is 4.42 Å². The van der Waals surface area contributed by atoms with E-state index in [1.807, 2.05) is 6.92 Å². The van der Waals surface area contributed by atoms with Crippen molar-refractivity contribution in [3.05, 3.63) is 22.6 Å². The van der Waals surface area contributed by atoms with Crippen molar-refractivity contribution in [1.29, 1.82) is 0 Å². The molecule has 1 radical (unpaired) electrons. The molecule has 0 saturated carbocycles. The molecule has 1 heterocycles. The van der Waals surface area contributed by atoms with Gasteiger partial charge in [0.25, 0.3) is 0 Å². The highest BCUT2D eigenvalue weighted by atomic mass is 79.9. The normalized spacial score (nSPS) is 9.43. The Kier molecular flexibility index (Phi) is 1.19. The lowest BCUT2D eigenvalue weighted by atomic mass is 10.4. The molecule has 1 aromatic rings. The summed E-state index contributed by atoms with van der Waals surface area (Å²) in [7, 11) is 0. The van der Waals surface area contributed by atoms with Gasteiger partial charge in [-0.25, -0.2) is 0 Å². The third-order valence-electron chi connectivity index (χ3n) is 0.734. The van der Waals surface area contributed by atoms with Gasteiger partial charge in [-0.3, -0.25) is 0 Å². The molecule has 0 bridgehead atoms. The molecule has 2 heteroatoms. The van der Waals surface area contributed by atoms with Gasteiger partial charge in [0.05, 0.1) is 0 Å². The third-order valence-corrected chi connectivity index (χ3v) is 1.52. The largest absolute Gasteiger partial charge is 0.446 e. The van der Waals surface area contributed by atoms with Gasteiger partial charge in [0.1, 0.15) is 0 Å². The molecule has 1 rings (SSSR count). The van der Waals surface area contributed by atoms with Crippen molar-refractivity contribution in [3.8, 4) is 0 Å². The summed E-state index contributed by atoms with van der Waals surface area (Å²) in [5, 5.41) is 0. The molecule has 0 spiro atoms. The lowest BCUT2D eigenvalue weighted by molar-refractivity contribution is 0.530. The molecule has 1 nitrogen and oxygen atoms in total. The molecule has 0 fully saturated rings. The average Bonchev–Trinajstić information content (AvgIpc) is 1.91. The summed E-state index contributed by atoms with van der Waals surface area (Å²) in [5.74, 6) is 0. The number of aryl methyl sites for hydroxylation is 1. The van der Waals surface area contributed by atoms with E-state index in [2.05, 4.69) is 22.2 Å². The summed E-state index contributed by atoms with van der Waals surface area (Å²) in [6.07, 6.45) is 2.58. The Morgan fingerprint density at radius 2 is 2.57 bits per heavy atom. The van der Waals surface area contributed by atoms with Gasteiger partial charge in [-0.2, -0.15) is 0 Å². The van der Waals surface area contributed by atoms with E-state index >= 15 is 0 Å². The predicted octanol–water partition coefficient (Wildman–Crippen LogP) is 2.15. The maximum absolute atomic E-state index is 4.76. The SMILES string of the molecule is Cc1c[c]oc1Br. The van der Waals surface area contributed by atoms with Gasteiger partial charge in [-0.05, 0) is 28.9 Å². The van der Waals surface area contributed by atoms with Crippen LogP contribution in [0.1, 0.15) is 5.56 Å². The van der Waals surface area contributed by atoms with Crippen LogP contribution in [0, 0.1) is 13.2 Å². The monoisotopic (exact) mass is 159 g/mol. The fraction of sp³-hybridized carbons (Fsp3) is 0.200. The molecule has 0 N–H and O–H groups in total. The van der Waals surface area contributed by atoms with Crippen molar-refractivity contribution < 1.29 is 4.42 Å². The second kappa shape index (κ2) is 1.70. The van der Waals surface area contributed by atoms with Crippen LogP contribution in [0.5, 0.6) is 0 Å². The smallest absolute Gasteiger partial charge is 0.172 e. The third kappa shape index (κ3) is 0.855. The first-order valence-electron chi connectivity index (χ1n) is 1.92. The van der Waals surface area contributed by atoms with Crippen LogP contribution in [0.25, 0.3) is 0 Å². The summed E-state index contributed by atoms with van der Waals surface area (Å²) in [6.45, 7) is 1.95. The molecule has 0 aliphatic heterocycles. The number of furan rings is 1. The van der Waals surface area contributed by atoms with Crippen LogP contribution in [0.15, 0.2) is 15.2 Å². The van der Waals surface area contributed by atoms with Crippen molar-refractivity contribution in [2.45, 2.75) is 6.92 Å². The maximum atomic E-state index is 4.76. The second-order valence-electron chi connectivity index (χ2n) is 1.32. The van der Waals surface area contributed by atoms with E-state index in [1.165, 1.54) is 0 Å². The van der Waals surface area contributed by atoms with Gasteiger partial charge in [-0.15, -0.1) is 0 Å². The molecule has 0 aromatic carbocycles. The van der Waals surface area contributed by atoms with Crippen LogP contribution in [0.3, 0.4) is 0 Å². The second-order valence-corrected chi connectivity index (χ2v) is 2.04. The molecule has 1 aromatic heterocycles. The van der Waals surface area contributed by atoms with Crippen LogP contribution in [-0.2, 0) is 0 Å². The van der Waals surface area contributed by atoms with Crippen molar-refractivity contribution in [1.82, 2.24) is 0 Å². The van der Waals surface area contributed by atoms with Crippen molar-refractivity contribution in [3.63, 3.8) is 0 Å². The molecule has 0 aliphatic rings. The van der Waals surface area contributed by atoms with Crippen molar-refractivity contribution in [2.24, 2.45) is 0 Å². The summed E-state index contributed by atoms with van der Waals surface area (Å²) in [6, 6.07) is 1.78. The van der Waals surface area contributed by atoms with E-state index in [0.29, 0.717) is 0 Å². The minimum Gasteiger partial charge on any atom is -0.446 e. The molecule has 37 valence electrons. The van der Waals surface area contributed by atoms with Crippen LogP contribution >= 0.6 is 15.9 Å². The van der Waals surface area contributed by atoms with Crippen molar-refractivity contribution in [2.75, 3.05) is 0 Å². The summed E-state index contributed by atoms with van der Waals surface area (Å²) in [4.78, 5) is 0. The highest BCUT2D eigenvalue weighted by Gasteiger charge is 1.92. The van der Waals surface area contributed by atoms with Crippen LogP contribution in [-0.4, -0.2) is 0 Å². The molecule has 0 unspecified atom stereocenters. The lowest BCUT2D eigenvalue weighted by Gasteiger charge is -1.76. The maximum Gasteiger partial charge on any atom is 0.172 e. The summed E-state index contributed by atoms with van der Waals surface area (Å²) < 4.78 is 5.53. The van der Waals surface area contributed by atoms with Gasteiger partial charge in [0.15, 0.2) is 10.9 Å². The standard InChI is InChI=1S/C5H4BrO/c1-4-2-3-7-5(4)6/h2H,1H3. The Balaban J connectivity index is 3.12. The molecule has 0 atom stereocenters. The molecule has 0 aliphatic carbocycles. The topological polar surface area (TPSA) is 13.1 Å².